The van der Waals surface area contributed by atoms with Gasteiger partial charge in [-0.25, -0.2) is 0 Å². The van der Waals surface area contributed by atoms with Gasteiger partial charge in [0.05, 0.1) is 12.0 Å². The first-order valence-corrected chi connectivity index (χ1v) is 5.05. The molecule has 1 fully saturated rings. The highest BCUT2D eigenvalue weighted by molar-refractivity contribution is 5.72. The number of hydrogen-bond acceptors (Lipinski definition) is 3. The maximum absolute atomic E-state index is 11.5. The molecule has 76 valence electrons. The summed E-state index contributed by atoms with van der Waals surface area (Å²) in [7, 11) is 0. The molecule has 0 heterocycles. The molecule has 0 amide bonds. The Bertz CT molecular complexity index is 172. The predicted octanol–water partition coefficient (Wildman–Crippen LogP) is 1.46. The Hall–Kier alpha value is -0.570. The number of hydrogen-bond donors (Lipinski definition) is 1. The van der Waals surface area contributed by atoms with E-state index in [-0.39, 0.29) is 18.0 Å². The fourth-order valence-corrected chi connectivity index (χ4v) is 1.68. The summed E-state index contributed by atoms with van der Waals surface area (Å²) in [4.78, 5) is 11.5. The highest BCUT2D eigenvalue weighted by Gasteiger charge is 2.26. The van der Waals surface area contributed by atoms with Crippen LogP contribution >= 0.6 is 0 Å². The molecule has 0 saturated heterocycles. The normalized spacial score (nSPS) is 28.9. The van der Waals surface area contributed by atoms with Gasteiger partial charge in [-0.15, -0.1) is 0 Å². The van der Waals surface area contributed by atoms with Crippen LogP contribution < -0.4 is 5.73 Å². The van der Waals surface area contributed by atoms with Gasteiger partial charge >= 0.3 is 5.97 Å². The molecule has 0 aromatic carbocycles. The first-order valence-electron chi connectivity index (χ1n) is 5.05. The fraction of sp³-hybridized carbons (Fsp3) is 0.900. The van der Waals surface area contributed by atoms with E-state index in [9.17, 15) is 4.79 Å². The SMILES string of the molecule is CC(C)OC(=O)C1CCC(N)CC1. The third kappa shape index (κ3) is 3.35. The highest BCUT2D eigenvalue weighted by atomic mass is 16.5. The molecule has 0 aromatic rings. The molecular weight excluding hydrogens is 166 g/mol. The lowest BCUT2D eigenvalue weighted by Gasteiger charge is -2.25. The van der Waals surface area contributed by atoms with E-state index < -0.39 is 0 Å². The van der Waals surface area contributed by atoms with Crippen molar-refractivity contribution in [2.75, 3.05) is 0 Å². The van der Waals surface area contributed by atoms with Gasteiger partial charge in [-0.1, -0.05) is 0 Å². The van der Waals surface area contributed by atoms with Crippen LogP contribution in [0.5, 0.6) is 0 Å². The topological polar surface area (TPSA) is 52.3 Å². The minimum atomic E-state index is -0.0399. The minimum Gasteiger partial charge on any atom is -0.463 e. The molecule has 0 radical (unpaired) electrons. The van der Waals surface area contributed by atoms with E-state index in [2.05, 4.69) is 0 Å². The van der Waals surface area contributed by atoms with E-state index in [1.54, 1.807) is 0 Å². The number of rotatable bonds is 2. The lowest BCUT2D eigenvalue weighted by molar-refractivity contribution is -0.153. The number of carbonyl (C=O) groups excluding carboxylic acids is 1. The van der Waals surface area contributed by atoms with Crippen LogP contribution in [0.2, 0.25) is 0 Å². The van der Waals surface area contributed by atoms with Crippen molar-refractivity contribution >= 4 is 5.97 Å². The van der Waals surface area contributed by atoms with Crippen molar-refractivity contribution in [1.29, 1.82) is 0 Å². The van der Waals surface area contributed by atoms with E-state index in [1.165, 1.54) is 0 Å². The molecule has 0 bridgehead atoms. The molecule has 13 heavy (non-hydrogen) atoms. The van der Waals surface area contributed by atoms with E-state index >= 15 is 0 Å². The molecule has 1 aliphatic rings. The highest BCUT2D eigenvalue weighted by Crippen LogP contribution is 2.24. The number of carbonyl (C=O) groups is 1. The van der Waals surface area contributed by atoms with Crippen molar-refractivity contribution in [3.05, 3.63) is 0 Å². The van der Waals surface area contributed by atoms with Gasteiger partial charge in [0.1, 0.15) is 0 Å². The van der Waals surface area contributed by atoms with E-state index in [0.717, 1.165) is 25.7 Å². The molecule has 1 aliphatic carbocycles. The molecule has 0 spiro atoms. The second-order valence-corrected chi connectivity index (χ2v) is 4.10. The average molecular weight is 185 g/mol. The number of ether oxygens (including phenoxy) is 1. The van der Waals surface area contributed by atoms with Crippen LogP contribution in [-0.4, -0.2) is 18.1 Å². The Balaban J connectivity index is 2.31. The predicted molar refractivity (Wildman–Crippen MR) is 51.2 cm³/mol. The van der Waals surface area contributed by atoms with Gasteiger partial charge in [0.25, 0.3) is 0 Å². The van der Waals surface area contributed by atoms with Gasteiger partial charge in [-0.3, -0.25) is 4.79 Å². The third-order valence-corrected chi connectivity index (χ3v) is 2.46. The van der Waals surface area contributed by atoms with Crippen molar-refractivity contribution < 1.29 is 9.53 Å². The maximum atomic E-state index is 11.5. The average Bonchev–Trinajstić information content (AvgIpc) is 2.04. The Labute approximate surface area is 79.6 Å². The van der Waals surface area contributed by atoms with Gasteiger partial charge in [0.15, 0.2) is 0 Å². The molecule has 3 nitrogen and oxygen atoms in total. The third-order valence-electron chi connectivity index (χ3n) is 2.46. The zero-order valence-corrected chi connectivity index (χ0v) is 8.45. The van der Waals surface area contributed by atoms with Gasteiger partial charge < -0.3 is 10.5 Å². The van der Waals surface area contributed by atoms with Crippen LogP contribution in [-0.2, 0) is 9.53 Å². The second-order valence-electron chi connectivity index (χ2n) is 4.10. The molecule has 1 rings (SSSR count). The Morgan fingerprint density at radius 1 is 1.31 bits per heavy atom. The summed E-state index contributed by atoms with van der Waals surface area (Å²) in [5, 5.41) is 0. The van der Waals surface area contributed by atoms with Crippen molar-refractivity contribution in [2.45, 2.75) is 51.7 Å². The lowest BCUT2D eigenvalue weighted by atomic mass is 9.86. The molecule has 0 atom stereocenters. The molecule has 0 aliphatic heterocycles. The molecular formula is C10H19NO2. The van der Waals surface area contributed by atoms with E-state index in [4.69, 9.17) is 10.5 Å². The number of nitrogens with two attached hydrogens (primary N) is 1. The summed E-state index contributed by atoms with van der Waals surface area (Å²) in [6.07, 6.45) is 3.71. The first-order chi connectivity index (χ1) is 6.09. The van der Waals surface area contributed by atoms with Crippen molar-refractivity contribution in [2.24, 2.45) is 11.7 Å². The van der Waals surface area contributed by atoms with Gasteiger partial charge in [0.2, 0.25) is 0 Å². The zero-order chi connectivity index (χ0) is 9.84. The van der Waals surface area contributed by atoms with Gasteiger partial charge in [-0.05, 0) is 39.5 Å². The summed E-state index contributed by atoms with van der Waals surface area (Å²) in [5.41, 5.74) is 5.75. The molecule has 2 N–H and O–H groups in total. The van der Waals surface area contributed by atoms with Crippen LogP contribution in [0, 0.1) is 5.92 Å². The monoisotopic (exact) mass is 185 g/mol. The Morgan fingerprint density at radius 2 is 1.85 bits per heavy atom. The summed E-state index contributed by atoms with van der Waals surface area (Å²) < 4.78 is 5.15. The van der Waals surface area contributed by atoms with Crippen LogP contribution in [0.3, 0.4) is 0 Å². The minimum absolute atomic E-state index is 0.00287. The standard InChI is InChI=1S/C10H19NO2/c1-7(2)13-10(12)8-3-5-9(11)6-4-8/h7-9H,3-6,11H2,1-2H3. The zero-order valence-electron chi connectivity index (χ0n) is 8.45. The van der Waals surface area contributed by atoms with Gasteiger partial charge in [-0.2, -0.15) is 0 Å². The van der Waals surface area contributed by atoms with Crippen LogP contribution in [0.1, 0.15) is 39.5 Å². The second kappa shape index (κ2) is 4.61. The molecule has 0 unspecified atom stereocenters. The van der Waals surface area contributed by atoms with Crippen LogP contribution in [0.15, 0.2) is 0 Å². The first kappa shape index (κ1) is 10.5. The molecule has 1 saturated carbocycles. The summed E-state index contributed by atoms with van der Waals surface area (Å²) in [6, 6.07) is 0.295. The van der Waals surface area contributed by atoms with Crippen molar-refractivity contribution in [3.8, 4) is 0 Å². The summed E-state index contributed by atoms with van der Waals surface area (Å²) >= 11 is 0. The Kier molecular flexibility index (Phi) is 3.72. The maximum Gasteiger partial charge on any atom is 0.309 e. The van der Waals surface area contributed by atoms with Crippen LogP contribution in [0.4, 0.5) is 0 Å². The summed E-state index contributed by atoms with van der Waals surface area (Å²) in [6.45, 7) is 3.76. The Morgan fingerprint density at radius 3 is 2.31 bits per heavy atom. The smallest absolute Gasteiger partial charge is 0.309 e. The molecule has 0 aromatic heterocycles. The van der Waals surface area contributed by atoms with Crippen LogP contribution in [0.25, 0.3) is 0 Å². The van der Waals surface area contributed by atoms with Gasteiger partial charge in [0, 0.05) is 6.04 Å². The van der Waals surface area contributed by atoms with E-state index in [0.29, 0.717) is 6.04 Å². The fourth-order valence-electron chi connectivity index (χ4n) is 1.68. The lowest BCUT2D eigenvalue weighted by Crippen LogP contribution is -2.31. The number of esters is 1. The van der Waals surface area contributed by atoms with Crippen molar-refractivity contribution in [1.82, 2.24) is 0 Å². The van der Waals surface area contributed by atoms with Crippen molar-refractivity contribution in [3.63, 3.8) is 0 Å². The summed E-state index contributed by atoms with van der Waals surface area (Å²) in [5.74, 6) is 0.0594. The van der Waals surface area contributed by atoms with E-state index in [1.807, 2.05) is 13.8 Å². The molecule has 3 heteroatoms. The quantitative estimate of drug-likeness (QED) is 0.662. The largest absolute Gasteiger partial charge is 0.463 e.